The zero-order valence-electron chi connectivity index (χ0n) is 11.7. The molecule has 0 saturated carbocycles. The van der Waals surface area contributed by atoms with Gasteiger partial charge in [-0.15, -0.1) is 0 Å². The molecule has 0 aliphatic carbocycles. The lowest BCUT2D eigenvalue weighted by Crippen LogP contribution is -2.29. The summed E-state index contributed by atoms with van der Waals surface area (Å²) in [5, 5.41) is 9.29. The van der Waals surface area contributed by atoms with Gasteiger partial charge >= 0.3 is 5.97 Å². The van der Waals surface area contributed by atoms with Crippen LogP contribution in [0.4, 0.5) is 0 Å². The van der Waals surface area contributed by atoms with Gasteiger partial charge in [0.15, 0.2) is 6.10 Å². The highest BCUT2D eigenvalue weighted by atomic mass is 16.5. The maximum Gasteiger partial charge on any atom is 0.345 e. The van der Waals surface area contributed by atoms with Gasteiger partial charge in [0.25, 0.3) is 0 Å². The van der Waals surface area contributed by atoms with Crippen LogP contribution in [0.5, 0.6) is 5.75 Å². The van der Waals surface area contributed by atoms with Crippen molar-refractivity contribution in [2.45, 2.75) is 26.4 Å². The number of carboxylic acids is 1. The number of hydrogen-bond acceptors (Lipinski definition) is 2. The fourth-order valence-electron chi connectivity index (χ4n) is 1.99. The minimum absolute atomic E-state index is 0.353. The van der Waals surface area contributed by atoms with Crippen molar-refractivity contribution in [3.8, 4) is 5.75 Å². The third-order valence-electron chi connectivity index (χ3n) is 3.29. The predicted octanol–water partition coefficient (Wildman–Crippen LogP) is 3.38. The third kappa shape index (κ3) is 3.60. The molecular weight excluding hydrogens is 252 g/mol. The minimum atomic E-state index is -0.952. The summed E-state index contributed by atoms with van der Waals surface area (Å²) in [5.74, 6) is -0.379. The molecule has 3 nitrogen and oxygen atoms in total. The van der Waals surface area contributed by atoms with E-state index in [0.29, 0.717) is 12.2 Å². The quantitative estimate of drug-likeness (QED) is 0.906. The number of ether oxygens (including phenoxy) is 1. The van der Waals surface area contributed by atoms with Gasteiger partial charge in [0.2, 0.25) is 0 Å². The number of benzene rings is 2. The van der Waals surface area contributed by atoms with Gasteiger partial charge in [-0.05, 0) is 42.7 Å². The van der Waals surface area contributed by atoms with E-state index in [1.807, 2.05) is 50.2 Å². The van der Waals surface area contributed by atoms with Crippen LogP contribution in [0.2, 0.25) is 0 Å². The Bertz CT molecular complexity index is 590. The van der Waals surface area contributed by atoms with E-state index in [1.54, 1.807) is 12.1 Å². The second kappa shape index (κ2) is 6.24. The Morgan fingerprint density at radius 2 is 1.80 bits per heavy atom. The number of carboxylic acid groups (broad SMARTS) is 1. The van der Waals surface area contributed by atoms with Crippen LogP contribution in [0.15, 0.2) is 48.5 Å². The highest BCUT2D eigenvalue weighted by Crippen LogP contribution is 2.16. The summed E-state index contributed by atoms with van der Waals surface area (Å²) in [7, 11) is 0. The SMILES string of the molecule is Cc1ccc(CC(Oc2ccccc2)C(=O)O)cc1C. The summed E-state index contributed by atoms with van der Waals surface area (Å²) in [6.07, 6.45) is -0.523. The molecule has 1 atom stereocenters. The number of carbonyl (C=O) groups is 1. The van der Waals surface area contributed by atoms with Crippen molar-refractivity contribution in [3.05, 3.63) is 65.2 Å². The molecule has 0 bridgehead atoms. The first-order valence-electron chi connectivity index (χ1n) is 6.57. The van der Waals surface area contributed by atoms with Crippen LogP contribution in [-0.2, 0) is 11.2 Å². The molecule has 3 heteroatoms. The van der Waals surface area contributed by atoms with Crippen molar-refractivity contribution >= 4 is 5.97 Å². The van der Waals surface area contributed by atoms with Crippen LogP contribution in [0.3, 0.4) is 0 Å². The monoisotopic (exact) mass is 270 g/mol. The van der Waals surface area contributed by atoms with Gasteiger partial charge in [-0.3, -0.25) is 0 Å². The number of hydrogen-bond donors (Lipinski definition) is 1. The first kappa shape index (κ1) is 14.1. The van der Waals surface area contributed by atoms with Crippen molar-refractivity contribution in [3.63, 3.8) is 0 Å². The van der Waals surface area contributed by atoms with Crippen molar-refractivity contribution in [1.82, 2.24) is 0 Å². The highest BCUT2D eigenvalue weighted by molar-refractivity contribution is 5.73. The first-order chi connectivity index (χ1) is 9.56. The van der Waals surface area contributed by atoms with Crippen LogP contribution in [-0.4, -0.2) is 17.2 Å². The number of para-hydroxylation sites is 1. The average Bonchev–Trinajstić information content (AvgIpc) is 2.43. The molecule has 0 radical (unpaired) electrons. The largest absolute Gasteiger partial charge is 0.478 e. The summed E-state index contributed by atoms with van der Waals surface area (Å²) in [6, 6.07) is 15.0. The van der Waals surface area contributed by atoms with Gasteiger partial charge in [-0.25, -0.2) is 4.79 Å². The Labute approximate surface area is 118 Å². The molecule has 0 aliphatic heterocycles. The first-order valence-corrected chi connectivity index (χ1v) is 6.57. The van der Waals surface area contributed by atoms with Crippen molar-refractivity contribution in [2.75, 3.05) is 0 Å². The second-order valence-corrected chi connectivity index (χ2v) is 4.88. The molecule has 104 valence electrons. The Morgan fingerprint density at radius 3 is 2.40 bits per heavy atom. The van der Waals surface area contributed by atoms with Crippen LogP contribution >= 0.6 is 0 Å². The third-order valence-corrected chi connectivity index (χ3v) is 3.29. The zero-order chi connectivity index (χ0) is 14.5. The molecule has 0 aliphatic rings. The summed E-state index contributed by atoms with van der Waals surface area (Å²) in [4.78, 5) is 11.3. The van der Waals surface area contributed by atoms with E-state index in [2.05, 4.69) is 0 Å². The fraction of sp³-hybridized carbons (Fsp3) is 0.235. The van der Waals surface area contributed by atoms with E-state index in [9.17, 15) is 9.90 Å². The van der Waals surface area contributed by atoms with Crippen LogP contribution in [0, 0.1) is 13.8 Å². The van der Waals surface area contributed by atoms with E-state index in [0.717, 1.165) is 11.1 Å². The van der Waals surface area contributed by atoms with Crippen molar-refractivity contribution < 1.29 is 14.6 Å². The molecule has 0 heterocycles. The molecule has 1 unspecified atom stereocenters. The standard InChI is InChI=1S/C17H18O3/c1-12-8-9-14(10-13(12)2)11-16(17(18)19)20-15-6-4-3-5-7-15/h3-10,16H,11H2,1-2H3,(H,18,19). The van der Waals surface area contributed by atoms with Gasteiger partial charge in [0, 0.05) is 6.42 Å². The van der Waals surface area contributed by atoms with Crippen molar-refractivity contribution in [1.29, 1.82) is 0 Å². The second-order valence-electron chi connectivity index (χ2n) is 4.88. The minimum Gasteiger partial charge on any atom is -0.478 e. The van der Waals surface area contributed by atoms with Crippen LogP contribution in [0.1, 0.15) is 16.7 Å². The molecule has 2 aromatic carbocycles. The van der Waals surface area contributed by atoms with Gasteiger partial charge < -0.3 is 9.84 Å². The fourth-order valence-corrected chi connectivity index (χ4v) is 1.99. The number of aryl methyl sites for hydroxylation is 2. The molecule has 2 rings (SSSR count). The Hall–Kier alpha value is -2.29. The molecule has 0 amide bonds. The van der Waals surface area contributed by atoms with Crippen LogP contribution in [0.25, 0.3) is 0 Å². The Balaban J connectivity index is 2.13. The van der Waals surface area contributed by atoms with E-state index >= 15 is 0 Å². The molecule has 0 aromatic heterocycles. The molecule has 0 saturated heterocycles. The van der Waals surface area contributed by atoms with Crippen LogP contribution < -0.4 is 4.74 Å². The topological polar surface area (TPSA) is 46.5 Å². The van der Waals surface area contributed by atoms with Gasteiger partial charge in [0.1, 0.15) is 5.75 Å². The van der Waals surface area contributed by atoms with Gasteiger partial charge in [-0.2, -0.15) is 0 Å². The molecule has 20 heavy (non-hydrogen) atoms. The summed E-state index contributed by atoms with van der Waals surface area (Å²) < 4.78 is 5.55. The molecule has 0 fully saturated rings. The van der Waals surface area contributed by atoms with Crippen molar-refractivity contribution in [2.24, 2.45) is 0 Å². The highest BCUT2D eigenvalue weighted by Gasteiger charge is 2.20. The normalized spacial score (nSPS) is 11.9. The predicted molar refractivity (Wildman–Crippen MR) is 78.1 cm³/mol. The smallest absolute Gasteiger partial charge is 0.345 e. The van der Waals surface area contributed by atoms with Gasteiger partial charge in [0.05, 0.1) is 0 Å². The zero-order valence-corrected chi connectivity index (χ0v) is 11.7. The molecule has 1 N–H and O–H groups in total. The van der Waals surface area contributed by atoms with E-state index in [1.165, 1.54) is 5.56 Å². The lowest BCUT2D eigenvalue weighted by Gasteiger charge is -2.15. The Morgan fingerprint density at radius 1 is 1.10 bits per heavy atom. The summed E-state index contributed by atoms with van der Waals surface area (Å²) in [5.41, 5.74) is 3.33. The number of rotatable bonds is 5. The maximum absolute atomic E-state index is 11.3. The Kier molecular flexibility index (Phi) is 4.41. The van der Waals surface area contributed by atoms with E-state index in [-0.39, 0.29) is 0 Å². The van der Waals surface area contributed by atoms with Gasteiger partial charge in [-0.1, -0.05) is 36.4 Å². The summed E-state index contributed by atoms with van der Waals surface area (Å²) in [6.45, 7) is 4.06. The lowest BCUT2D eigenvalue weighted by atomic mass is 10.0. The lowest BCUT2D eigenvalue weighted by molar-refractivity contribution is -0.145. The molecule has 0 spiro atoms. The summed E-state index contributed by atoms with van der Waals surface area (Å²) >= 11 is 0. The molecular formula is C17H18O3. The van der Waals surface area contributed by atoms with E-state index < -0.39 is 12.1 Å². The molecule has 2 aromatic rings. The van der Waals surface area contributed by atoms with E-state index in [4.69, 9.17) is 4.74 Å². The number of aliphatic carboxylic acids is 1. The average molecular weight is 270 g/mol. The maximum atomic E-state index is 11.3.